The second-order valence-corrected chi connectivity index (χ2v) is 7.70. The van der Waals surface area contributed by atoms with E-state index in [1.807, 2.05) is 30.3 Å². The van der Waals surface area contributed by atoms with E-state index in [-0.39, 0.29) is 13.0 Å². The van der Waals surface area contributed by atoms with Crippen LogP contribution < -0.4 is 10.1 Å². The number of carbonyl (C=O) groups is 3. The predicted octanol–water partition coefficient (Wildman–Crippen LogP) is 3.57. The maximum absolute atomic E-state index is 13.0. The molecule has 0 bridgehead atoms. The summed E-state index contributed by atoms with van der Waals surface area (Å²) in [5.74, 6) is -0.980. The largest absolute Gasteiger partial charge is 0.459 e. The molecule has 0 saturated heterocycles. The molecule has 8 heteroatoms. The highest BCUT2D eigenvalue weighted by molar-refractivity contribution is 5.99. The van der Waals surface area contributed by atoms with Gasteiger partial charge in [0.1, 0.15) is 18.4 Å². The molecule has 0 saturated carbocycles. The van der Waals surface area contributed by atoms with E-state index in [0.29, 0.717) is 11.3 Å². The Morgan fingerprint density at radius 1 is 0.971 bits per heavy atom. The van der Waals surface area contributed by atoms with E-state index < -0.39 is 23.9 Å². The van der Waals surface area contributed by atoms with Gasteiger partial charge in [-0.2, -0.15) is 0 Å². The summed E-state index contributed by atoms with van der Waals surface area (Å²) >= 11 is 0. The average Bonchev–Trinajstić information content (AvgIpc) is 3.31. The van der Waals surface area contributed by atoms with Crippen molar-refractivity contribution in [2.75, 3.05) is 0 Å². The van der Waals surface area contributed by atoms with Crippen molar-refractivity contribution in [2.45, 2.75) is 26.0 Å². The van der Waals surface area contributed by atoms with Crippen molar-refractivity contribution in [1.82, 2.24) is 15.3 Å². The van der Waals surface area contributed by atoms with Crippen LogP contribution >= 0.6 is 0 Å². The van der Waals surface area contributed by atoms with Gasteiger partial charge >= 0.3 is 11.9 Å². The van der Waals surface area contributed by atoms with Gasteiger partial charge in [0.25, 0.3) is 5.91 Å². The number of rotatable bonds is 8. The normalized spacial score (nSPS) is 11.6. The molecule has 1 atom stereocenters. The zero-order valence-corrected chi connectivity index (χ0v) is 18.5. The molecule has 0 aliphatic heterocycles. The molecular weight excluding hydrogens is 434 g/mol. The lowest BCUT2D eigenvalue weighted by atomic mass is 10.0. The van der Waals surface area contributed by atoms with Gasteiger partial charge in [-0.3, -0.25) is 9.59 Å². The summed E-state index contributed by atoms with van der Waals surface area (Å²) in [6.07, 6.45) is 1.75. The Hall–Kier alpha value is -4.46. The summed E-state index contributed by atoms with van der Waals surface area (Å²) < 4.78 is 10.5. The van der Waals surface area contributed by atoms with Crippen LogP contribution in [0.5, 0.6) is 5.75 Å². The van der Waals surface area contributed by atoms with Gasteiger partial charge in [0.15, 0.2) is 0 Å². The standard InChI is InChI=1S/C26H23N3O5/c1-17(30)34-21-10-7-18(8-11-21)13-24(26(32)33-15-19-5-3-2-4-6-19)29-25(31)20-9-12-22-23(14-20)28-16-27-22/h2-12,14,16,24H,13,15H2,1H3,(H,27,28)(H,29,31)/t24-/m0/s1. The highest BCUT2D eigenvalue weighted by atomic mass is 16.5. The SMILES string of the molecule is CC(=O)Oc1ccc(C[C@H](NC(=O)c2ccc3nc[nH]c3c2)C(=O)OCc2ccccc2)cc1. The highest BCUT2D eigenvalue weighted by Gasteiger charge is 2.24. The van der Waals surface area contributed by atoms with Crippen LogP contribution in [0.15, 0.2) is 79.1 Å². The van der Waals surface area contributed by atoms with Crippen LogP contribution in [0.2, 0.25) is 0 Å². The Labute approximate surface area is 195 Å². The first-order chi connectivity index (χ1) is 16.5. The number of aromatic nitrogens is 2. The Balaban J connectivity index is 1.50. The van der Waals surface area contributed by atoms with Gasteiger partial charge in [-0.25, -0.2) is 9.78 Å². The van der Waals surface area contributed by atoms with Crippen molar-refractivity contribution in [3.05, 3.63) is 95.8 Å². The van der Waals surface area contributed by atoms with Crippen LogP contribution in [0.4, 0.5) is 0 Å². The number of hydrogen-bond donors (Lipinski definition) is 2. The molecule has 3 aromatic carbocycles. The molecule has 0 radical (unpaired) electrons. The Morgan fingerprint density at radius 3 is 2.47 bits per heavy atom. The second-order valence-electron chi connectivity index (χ2n) is 7.70. The molecule has 1 amide bonds. The Morgan fingerprint density at radius 2 is 1.74 bits per heavy atom. The number of nitrogens with one attached hydrogen (secondary N) is 2. The summed E-state index contributed by atoms with van der Waals surface area (Å²) in [6, 6.07) is 20.2. The van der Waals surface area contributed by atoms with E-state index in [1.54, 1.807) is 48.8 Å². The number of hydrogen-bond acceptors (Lipinski definition) is 6. The Kier molecular flexibility index (Phi) is 6.98. The minimum absolute atomic E-state index is 0.0948. The van der Waals surface area contributed by atoms with E-state index in [2.05, 4.69) is 15.3 Å². The van der Waals surface area contributed by atoms with Crippen LogP contribution in [0.1, 0.15) is 28.4 Å². The molecule has 0 spiro atoms. The van der Waals surface area contributed by atoms with Gasteiger partial charge in [-0.15, -0.1) is 0 Å². The van der Waals surface area contributed by atoms with Gasteiger partial charge in [-0.05, 0) is 41.5 Å². The second kappa shape index (κ2) is 10.4. The first kappa shape index (κ1) is 22.7. The van der Waals surface area contributed by atoms with Crippen molar-refractivity contribution in [1.29, 1.82) is 0 Å². The van der Waals surface area contributed by atoms with Crippen LogP contribution in [0.3, 0.4) is 0 Å². The van der Waals surface area contributed by atoms with E-state index >= 15 is 0 Å². The quantitative estimate of drug-likeness (QED) is 0.309. The lowest BCUT2D eigenvalue weighted by Gasteiger charge is -2.18. The van der Waals surface area contributed by atoms with Crippen LogP contribution in [0, 0.1) is 0 Å². The number of amides is 1. The molecule has 1 heterocycles. The molecular formula is C26H23N3O5. The van der Waals surface area contributed by atoms with Gasteiger partial charge in [0.2, 0.25) is 0 Å². The number of ether oxygens (including phenoxy) is 2. The molecule has 2 N–H and O–H groups in total. The lowest BCUT2D eigenvalue weighted by molar-refractivity contribution is -0.147. The minimum atomic E-state index is -0.923. The van der Waals surface area contributed by atoms with Crippen molar-refractivity contribution in [3.63, 3.8) is 0 Å². The van der Waals surface area contributed by atoms with Gasteiger partial charge < -0.3 is 19.8 Å². The lowest BCUT2D eigenvalue weighted by Crippen LogP contribution is -2.43. The molecule has 0 unspecified atom stereocenters. The maximum atomic E-state index is 13.0. The van der Waals surface area contributed by atoms with E-state index in [4.69, 9.17) is 9.47 Å². The maximum Gasteiger partial charge on any atom is 0.329 e. The summed E-state index contributed by atoms with van der Waals surface area (Å²) in [6.45, 7) is 1.42. The van der Waals surface area contributed by atoms with Crippen molar-refractivity contribution < 1.29 is 23.9 Å². The fraction of sp³-hybridized carbons (Fsp3) is 0.154. The van der Waals surface area contributed by atoms with Gasteiger partial charge in [-0.1, -0.05) is 42.5 Å². The topological polar surface area (TPSA) is 110 Å². The molecule has 172 valence electrons. The van der Waals surface area contributed by atoms with Crippen LogP contribution in [-0.2, 0) is 27.4 Å². The van der Waals surface area contributed by atoms with Crippen molar-refractivity contribution in [2.24, 2.45) is 0 Å². The van der Waals surface area contributed by atoms with E-state index in [9.17, 15) is 14.4 Å². The predicted molar refractivity (Wildman–Crippen MR) is 125 cm³/mol. The third-order valence-electron chi connectivity index (χ3n) is 5.12. The molecule has 8 nitrogen and oxygen atoms in total. The number of fused-ring (bicyclic) bond motifs is 1. The minimum Gasteiger partial charge on any atom is -0.459 e. The van der Waals surface area contributed by atoms with Crippen LogP contribution in [0.25, 0.3) is 11.0 Å². The molecule has 4 rings (SSSR count). The molecule has 4 aromatic rings. The zero-order chi connectivity index (χ0) is 23.9. The number of carbonyl (C=O) groups excluding carboxylic acids is 3. The first-order valence-corrected chi connectivity index (χ1v) is 10.7. The van der Waals surface area contributed by atoms with Gasteiger partial charge in [0, 0.05) is 18.9 Å². The molecule has 1 aromatic heterocycles. The highest BCUT2D eigenvalue weighted by Crippen LogP contribution is 2.16. The fourth-order valence-electron chi connectivity index (χ4n) is 3.44. The molecule has 0 aliphatic carbocycles. The number of H-pyrrole nitrogens is 1. The van der Waals surface area contributed by atoms with E-state index in [1.165, 1.54) is 6.92 Å². The first-order valence-electron chi connectivity index (χ1n) is 10.7. The number of esters is 2. The summed E-state index contributed by atoms with van der Waals surface area (Å²) in [4.78, 5) is 44.2. The molecule has 34 heavy (non-hydrogen) atoms. The van der Waals surface area contributed by atoms with Crippen molar-refractivity contribution in [3.8, 4) is 5.75 Å². The summed E-state index contributed by atoms with van der Waals surface area (Å²) in [5, 5.41) is 2.79. The zero-order valence-electron chi connectivity index (χ0n) is 18.5. The number of aromatic amines is 1. The van der Waals surface area contributed by atoms with Crippen molar-refractivity contribution >= 4 is 28.9 Å². The number of imidazole rings is 1. The summed E-state index contributed by atoms with van der Waals surface area (Å²) in [7, 11) is 0. The monoisotopic (exact) mass is 457 g/mol. The molecule has 0 aliphatic rings. The third kappa shape index (κ3) is 5.86. The molecule has 0 fully saturated rings. The number of nitrogens with zero attached hydrogens (tertiary/aromatic N) is 1. The third-order valence-corrected chi connectivity index (χ3v) is 5.12. The number of benzene rings is 3. The fourth-order valence-corrected chi connectivity index (χ4v) is 3.44. The Bertz CT molecular complexity index is 1300. The van der Waals surface area contributed by atoms with Gasteiger partial charge in [0.05, 0.1) is 17.4 Å². The van der Waals surface area contributed by atoms with Crippen LogP contribution in [-0.4, -0.2) is 33.9 Å². The summed E-state index contributed by atoms with van der Waals surface area (Å²) in [5.41, 5.74) is 3.46. The smallest absolute Gasteiger partial charge is 0.329 e. The average molecular weight is 457 g/mol. The van der Waals surface area contributed by atoms with E-state index in [0.717, 1.165) is 22.2 Å².